The van der Waals surface area contributed by atoms with Crippen LogP contribution in [0.3, 0.4) is 0 Å². The lowest BCUT2D eigenvalue weighted by Crippen LogP contribution is -3.05. The van der Waals surface area contributed by atoms with Crippen molar-refractivity contribution in [1.29, 1.82) is 0 Å². The van der Waals surface area contributed by atoms with Crippen LogP contribution in [0.5, 0.6) is 0 Å². The van der Waals surface area contributed by atoms with E-state index in [9.17, 15) is 4.79 Å². The van der Waals surface area contributed by atoms with Gasteiger partial charge >= 0.3 is 0 Å². The second kappa shape index (κ2) is 7.21. The van der Waals surface area contributed by atoms with Crippen LogP contribution < -0.4 is 10.3 Å². The van der Waals surface area contributed by atoms with E-state index in [1.807, 2.05) is 36.4 Å². The van der Waals surface area contributed by atoms with Crippen LogP contribution >= 0.6 is 11.3 Å². The normalized spacial score (nSPS) is 11.6. The van der Waals surface area contributed by atoms with E-state index < -0.39 is 0 Å². The van der Waals surface area contributed by atoms with Gasteiger partial charge in [-0.15, -0.1) is 11.3 Å². The van der Waals surface area contributed by atoms with E-state index in [2.05, 4.69) is 20.2 Å². The van der Waals surface area contributed by atoms with Gasteiger partial charge in [0.05, 0.1) is 33.9 Å². The number of nitrogens with one attached hydrogen (secondary N) is 1. The molecule has 3 aromatic rings. The molecule has 1 N–H and O–H groups in total. The average Bonchev–Trinajstić information content (AvgIpc) is 2.55. The second-order valence-electron chi connectivity index (χ2n) is 6.12. The first kappa shape index (κ1) is 16.1. The Morgan fingerprint density at radius 3 is 2.65 bits per heavy atom. The monoisotopic (exact) mass is 328 g/mol. The highest BCUT2D eigenvalue weighted by molar-refractivity contribution is 7.24. The van der Waals surface area contributed by atoms with E-state index in [4.69, 9.17) is 4.74 Å². The Bertz CT molecular complexity index is 870. The number of quaternary nitrogens is 1. The van der Waals surface area contributed by atoms with Crippen LogP contribution in [-0.2, 0) is 11.3 Å². The van der Waals surface area contributed by atoms with Gasteiger partial charge in [-0.05, 0) is 29.8 Å². The molecule has 0 fully saturated rings. The lowest BCUT2D eigenvalue weighted by atomic mass is 10.1. The van der Waals surface area contributed by atoms with Crippen molar-refractivity contribution < 1.29 is 9.64 Å². The van der Waals surface area contributed by atoms with Crippen molar-refractivity contribution in [1.82, 2.24) is 0 Å². The van der Waals surface area contributed by atoms with Crippen molar-refractivity contribution in [2.45, 2.75) is 13.0 Å². The summed E-state index contributed by atoms with van der Waals surface area (Å²) in [5.74, 6) is 0. The quantitative estimate of drug-likeness (QED) is 0.557. The molecule has 0 aliphatic carbocycles. The van der Waals surface area contributed by atoms with Crippen molar-refractivity contribution >= 4 is 31.5 Å². The van der Waals surface area contributed by atoms with Crippen LogP contribution in [0.1, 0.15) is 12.0 Å². The van der Waals surface area contributed by atoms with Gasteiger partial charge in [0.1, 0.15) is 0 Å². The summed E-state index contributed by atoms with van der Waals surface area (Å²) in [4.78, 5) is 14.1. The van der Waals surface area contributed by atoms with E-state index in [1.54, 1.807) is 11.3 Å². The molecule has 0 atom stereocenters. The SMILES string of the molecule is C[NH+](C)CCCOCc1ccc2sc3ccccc3c(=O)c2c1. The fourth-order valence-corrected chi connectivity index (χ4v) is 3.71. The number of benzene rings is 2. The number of hydrogen-bond acceptors (Lipinski definition) is 3. The summed E-state index contributed by atoms with van der Waals surface area (Å²) in [5.41, 5.74) is 1.18. The molecule has 0 spiro atoms. The predicted molar refractivity (Wildman–Crippen MR) is 97.6 cm³/mol. The summed E-state index contributed by atoms with van der Waals surface area (Å²) < 4.78 is 7.81. The highest BCUT2D eigenvalue weighted by Gasteiger charge is 2.06. The van der Waals surface area contributed by atoms with Gasteiger partial charge < -0.3 is 9.64 Å². The Labute approximate surface area is 140 Å². The second-order valence-corrected chi connectivity index (χ2v) is 7.20. The maximum absolute atomic E-state index is 12.7. The van der Waals surface area contributed by atoms with E-state index in [1.165, 1.54) is 4.90 Å². The van der Waals surface area contributed by atoms with Crippen molar-refractivity contribution in [2.75, 3.05) is 27.2 Å². The molecule has 0 aliphatic rings. The minimum absolute atomic E-state index is 0.118. The molecule has 3 rings (SSSR count). The lowest BCUT2D eigenvalue weighted by molar-refractivity contribution is -0.858. The molecule has 0 saturated carbocycles. The van der Waals surface area contributed by atoms with E-state index in [0.717, 1.165) is 45.3 Å². The highest BCUT2D eigenvalue weighted by atomic mass is 32.1. The molecule has 23 heavy (non-hydrogen) atoms. The van der Waals surface area contributed by atoms with Gasteiger partial charge in [0.25, 0.3) is 0 Å². The molecule has 1 aromatic heterocycles. The zero-order valence-corrected chi connectivity index (χ0v) is 14.4. The molecule has 0 amide bonds. The summed E-state index contributed by atoms with van der Waals surface area (Å²) in [5, 5.41) is 1.60. The van der Waals surface area contributed by atoms with Gasteiger partial charge in [-0.3, -0.25) is 4.79 Å². The third-order valence-electron chi connectivity index (χ3n) is 3.87. The summed E-state index contributed by atoms with van der Waals surface area (Å²) in [6, 6.07) is 13.9. The Hall–Kier alpha value is -1.75. The van der Waals surface area contributed by atoms with Crippen molar-refractivity contribution in [3.05, 3.63) is 58.3 Å². The molecule has 4 heteroatoms. The molecule has 120 valence electrons. The first-order valence-electron chi connectivity index (χ1n) is 7.96. The summed E-state index contributed by atoms with van der Waals surface area (Å²) in [6.45, 7) is 2.43. The molecular formula is C19H22NO2S+. The molecule has 0 saturated heterocycles. The van der Waals surface area contributed by atoms with Gasteiger partial charge in [-0.2, -0.15) is 0 Å². The maximum Gasteiger partial charge on any atom is 0.195 e. The number of hydrogen-bond donors (Lipinski definition) is 1. The molecule has 0 radical (unpaired) electrons. The van der Waals surface area contributed by atoms with Gasteiger partial charge in [-0.1, -0.05) is 18.2 Å². The van der Waals surface area contributed by atoms with Crippen molar-refractivity contribution in [3.63, 3.8) is 0 Å². The molecule has 0 aliphatic heterocycles. The lowest BCUT2D eigenvalue weighted by Gasteiger charge is -2.08. The predicted octanol–water partition coefficient (Wildman–Crippen LogP) is 2.47. The standard InChI is InChI=1S/C19H21NO2S/c1-20(2)10-5-11-22-13-14-8-9-18-16(12-14)19(21)15-6-3-4-7-17(15)23-18/h3-4,6-9,12H,5,10-11,13H2,1-2H3/p+1. The van der Waals surface area contributed by atoms with E-state index in [-0.39, 0.29) is 5.43 Å². The van der Waals surface area contributed by atoms with Gasteiger partial charge in [0.2, 0.25) is 0 Å². The van der Waals surface area contributed by atoms with Crippen LogP contribution in [0.2, 0.25) is 0 Å². The van der Waals surface area contributed by atoms with Crippen LogP contribution in [0.15, 0.2) is 47.3 Å². The summed E-state index contributed by atoms with van der Waals surface area (Å²) >= 11 is 1.67. The zero-order chi connectivity index (χ0) is 16.2. The molecular weight excluding hydrogens is 306 g/mol. The fourth-order valence-electron chi connectivity index (χ4n) is 2.66. The molecule has 3 nitrogen and oxygen atoms in total. The smallest absolute Gasteiger partial charge is 0.195 e. The number of rotatable bonds is 6. The van der Waals surface area contributed by atoms with Gasteiger partial charge in [0.15, 0.2) is 5.43 Å². The van der Waals surface area contributed by atoms with Gasteiger partial charge in [0, 0.05) is 26.6 Å². The van der Waals surface area contributed by atoms with Crippen LogP contribution in [0.25, 0.3) is 20.2 Å². The summed E-state index contributed by atoms with van der Waals surface area (Å²) in [7, 11) is 4.29. The first-order valence-corrected chi connectivity index (χ1v) is 8.78. The Morgan fingerprint density at radius 1 is 1.04 bits per heavy atom. The molecule has 1 heterocycles. The topological polar surface area (TPSA) is 30.7 Å². The number of ether oxygens (including phenoxy) is 1. The molecule has 2 aromatic carbocycles. The molecule has 0 bridgehead atoms. The van der Waals surface area contributed by atoms with Crippen molar-refractivity contribution in [2.24, 2.45) is 0 Å². The maximum atomic E-state index is 12.7. The average molecular weight is 328 g/mol. The minimum Gasteiger partial charge on any atom is -0.377 e. The van der Waals surface area contributed by atoms with E-state index >= 15 is 0 Å². The zero-order valence-electron chi connectivity index (χ0n) is 13.6. The summed E-state index contributed by atoms with van der Waals surface area (Å²) in [6.07, 6.45) is 1.05. The largest absolute Gasteiger partial charge is 0.377 e. The van der Waals surface area contributed by atoms with Crippen LogP contribution in [0, 0.1) is 0 Å². The van der Waals surface area contributed by atoms with Crippen molar-refractivity contribution in [3.8, 4) is 0 Å². The Balaban J connectivity index is 1.80. The minimum atomic E-state index is 0.118. The van der Waals surface area contributed by atoms with Gasteiger partial charge in [-0.25, -0.2) is 0 Å². The van der Waals surface area contributed by atoms with Crippen LogP contribution in [0.4, 0.5) is 0 Å². The number of fused-ring (bicyclic) bond motifs is 2. The third-order valence-corrected chi connectivity index (χ3v) is 5.03. The Morgan fingerprint density at radius 2 is 1.83 bits per heavy atom. The fraction of sp³-hybridized carbons (Fsp3) is 0.316. The van der Waals surface area contributed by atoms with Crippen LogP contribution in [-0.4, -0.2) is 27.2 Å². The van der Waals surface area contributed by atoms with E-state index in [0.29, 0.717) is 6.61 Å². The molecule has 0 unspecified atom stereocenters. The Kier molecular flexibility index (Phi) is 5.06. The first-order chi connectivity index (χ1) is 11.1. The third kappa shape index (κ3) is 3.78. The highest BCUT2D eigenvalue weighted by Crippen LogP contribution is 2.25.